The highest BCUT2D eigenvalue weighted by Crippen LogP contribution is 2.24. The molecule has 96 valence electrons. The third-order valence-electron chi connectivity index (χ3n) is 3.20. The molecule has 0 saturated heterocycles. The van der Waals surface area contributed by atoms with Crippen LogP contribution in [0.1, 0.15) is 34.1 Å². The molecule has 2 rings (SSSR count). The van der Waals surface area contributed by atoms with Crippen molar-refractivity contribution in [2.75, 3.05) is 7.05 Å². The molecule has 18 heavy (non-hydrogen) atoms. The number of nitrogens with zero attached hydrogens (tertiary/aromatic N) is 2. The SMILES string of the molecule is CNC(c1cc(C)cc(C)c1)c1cc(C)nn1C. The average Bonchev–Trinajstić information content (AvgIpc) is 2.58. The molecule has 2 aromatic rings. The lowest BCUT2D eigenvalue weighted by Crippen LogP contribution is -2.20. The monoisotopic (exact) mass is 243 g/mol. The van der Waals surface area contributed by atoms with Gasteiger partial charge in [0.25, 0.3) is 0 Å². The summed E-state index contributed by atoms with van der Waals surface area (Å²) in [6.45, 7) is 6.30. The predicted molar refractivity (Wildman–Crippen MR) is 74.8 cm³/mol. The van der Waals surface area contributed by atoms with E-state index in [1.807, 2.05) is 25.7 Å². The molecule has 0 spiro atoms. The minimum atomic E-state index is 0.190. The second-order valence-corrected chi connectivity index (χ2v) is 4.98. The second kappa shape index (κ2) is 4.94. The quantitative estimate of drug-likeness (QED) is 0.898. The van der Waals surface area contributed by atoms with E-state index in [2.05, 4.69) is 48.5 Å². The number of benzene rings is 1. The molecule has 0 saturated carbocycles. The van der Waals surface area contributed by atoms with Gasteiger partial charge >= 0.3 is 0 Å². The van der Waals surface area contributed by atoms with Gasteiger partial charge in [0, 0.05) is 7.05 Å². The lowest BCUT2D eigenvalue weighted by Gasteiger charge is -2.18. The lowest BCUT2D eigenvalue weighted by molar-refractivity contribution is 0.604. The molecule has 0 bridgehead atoms. The Kier molecular flexibility index (Phi) is 3.53. The van der Waals surface area contributed by atoms with E-state index in [1.165, 1.54) is 22.4 Å². The summed E-state index contributed by atoms with van der Waals surface area (Å²) in [5, 5.41) is 7.81. The molecule has 3 nitrogen and oxygen atoms in total. The Morgan fingerprint density at radius 2 is 1.67 bits per heavy atom. The first-order valence-corrected chi connectivity index (χ1v) is 6.27. The van der Waals surface area contributed by atoms with Crippen LogP contribution in [-0.2, 0) is 7.05 Å². The molecule has 0 aliphatic carbocycles. The molecule has 0 fully saturated rings. The first kappa shape index (κ1) is 12.8. The number of hydrogen-bond donors (Lipinski definition) is 1. The highest BCUT2D eigenvalue weighted by Gasteiger charge is 2.16. The van der Waals surface area contributed by atoms with Crippen LogP contribution >= 0.6 is 0 Å². The van der Waals surface area contributed by atoms with Crippen molar-refractivity contribution in [3.63, 3.8) is 0 Å². The van der Waals surface area contributed by atoms with E-state index < -0.39 is 0 Å². The van der Waals surface area contributed by atoms with E-state index in [-0.39, 0.29) is 6.04 Å². The van der Waals surface area contributed by atoms with E-state index in [9.17, 15) is 0 Å². The molecular weight excluding hydrogens is 222 g/mol. The Labute approximate surface area is 109 Å². The van der Waals surface area contributed by atoms with Gasteiger partial charge < -0.3 is 5.32 Å². The Balaban J connectivity index is 2.48. The van der Waals surface area contributed by atoms with Crippen molar-refractivity contribution in [3.8, 4) is 0 Å². The normalized spacial score (nSPS) is 12.7. The topological polar surface area (TPSA) is 29.9 Å². The van der Waals surface area contributed by atoms with Crippen LogP contribution in [0.3, 0.4) is 0 Å². The molecular formula is C15H21N3. The van der Waals surface area contributed by atoms with Crippen LogP contribution in [-0.4, -0.2) is 16.8 Å². The largest absolute Gasteiger partial charge is 0.308 e. The maximum absolute atomic E-state index is 4.43. The van der Waals surface area contributed by atoms with Gasteiger partial charge in [-0.3, -0.25) is 4.68 Å². The predicted octanol–water partition coefficient (Wildman–Crippen LogP) is 2.65. The van der Waals surface area contributed by atoms with Gasteiger partial charge in [-0.05, 0) is 39.4 Å². The Bertz CT molecular complexity index is 535. The Hall–Kier alpha value is -1.61. The van der Waals surface area contributed by atoms with E-state index in [0.29, 0.717) is 0 Å². The van der Waals surface area contributed by atoms with Crippen LogP contribution in [0.4, 0.5) is 0 Å². The zero-order chi connectivity index (χ0) is 13.3. The molecule has 3 heteroatoms. The van der Waals surface area contributed by atoms with Crippen LogP contribution in [0.15, 0.2) is 24.3 Å². The molecule has 0 radical (unpaired) electrons. The maximum Gasteiger partial charge on any atom is 0.0746 e. The van der Waals surface area contributed by atoms with E-state index in [4.69, 9.17) is 0 Å². The van der Waals surface area contributed by atoms with Crippen LogP contribution in [0.25, 0.3) is 0 Å². The van der Waals surface area contributed by atoms with Gasteiger partial charge in [-0.1, -0.05) is 29.3 Å². The summed E-state index contributed by atoms with van der Waals surface area (Å²) in [4.78, 5) is 0. The maximum atomic E-state index is 4.43. The summed E-state index contributed by atoms with van der Waals surface area (Å²) < 4.78 is 1.95. The summed E-state index contributed by atoms with van der Waals surface area (Å²) in [6.07, 6.45) is 0. The summed E-state index contributed by atoms with van der Waals surface area (Å²) in [5.41, 5.74) is 6.13. The minimum absolute atomic E-state index is 0.190. The first-order chi connectivity index (χ1) is 8.51. The summed E-state index contributed by atoms with van der Waals surface area (Å²) >= 11 is 0. The molecule has 1 unspecified atom stereocenters. The van der Waals surface area contributed by atoms with Crippen molar-refractivity contribution in [2.24, 2.45) is 7.05 Å². The van der Waals surface area contributed by atoms with Crippen molar-refractivity contribution >= 4 is 0 Å². The lowest BCUT2D eigenvalue weighted by atomic mass is 9.99. The van der Waals surface area contributed by atoms with Gasteiger partial charge in [0.15, 0.2) is 0 Å². The van der Waals surface area contributed by atoms with Crippen LogP contribution in [0.5, 0.6) is 0 Å². The molecule has 0 amide bonds. The zero-order valence-corrected chi connectivity index (χ0v) is 11.8. The van der Waals surface area contributed by atoms with Gasteiger partial charge in [0.05, 0.1) is 17.4 Å². The fourth-order valence-corrected chi connectivity index (χ4v) is 2.56. The third-order valence-corrected chi connectivity index (χ3v) is 3.20. The van der Waals surface area contributed by atoms with Crippen molar-refractivity contribution < 1.29 is 0 Å². The molecule has 0 aliphatic rings. The number of rotatable bonds is 3. The van der Waals surface area contributed by atoms with Crippen molar-refractivity contribution in [2.45, 2.75) is 26.8 Å². The minimum Gasteiger partial charge on any atom is -0.308 e. The van der Waals surface area contributed by atoms with E-state index in [1.54, 1.807) is 0 Å². The standard InChI is InChI=1S/C15H21N3/c1-10-6-11(2)8-13(7-10)15(16-4)14-9-12(3)17-18(14)5/h6-9,15-16H,1-5H3. The van der Waals surface area contributed by atoms with Crippen LogP contribution in [0.2, 0.25) is 0 Å². The van der Waals surface area contributed by atoms with Crippen molar-refractivity contribution in [1.29, 1.82) is 0 Å². The van der Waals surface area contributed by atoms with Gasteiger partial charge in [0.1, 0.15) is 0 Å². The molecule has 1 atom stereocenters. The van der Waals surface area contributed by atoms with Crippen LogP contribution < -0.4 is 5.32 Å². The second-order valence-electron chi connectivity index (χ2n) is 4.98. The summed E-state index contributed by atoms with van der Waals surface area (Å²) in [5.74, 6) is 0. The Morgan fingerprint density at radius 3 is 2.11 bits per heavy atom. The molecule has 1 heterocycles. The first-order valence-electron chi connectivity index (χ1n) is 6.27. The van der Waals surface area contributed by atoms with E-state index >= 15 is 0 Å². The van der Waals surface area contributed by atoms with Gasteiger partial charge in [0.2, 0.25) is 0 Å². The summed E-state index contributed by atoms with van der Waals surface area (Å²) in [6, 6.07) is 8.99. The average molecular weight is 243 g/mol. The molecule has 1 aromatic heterocycles. The number of aromatic nitrogens is 2. The van der Waals surface area contributed by atoms with Gasteiger partial charge in [-0.2, -0.15) is 5.10 Å². The fraction of sp³-hybridized carbons (Fsp3) is 0.400. The highest BCUT2D eigenvalue weighted by atomic mass is 15.3. The highest BCUT2D eigenvalue weighted by molar-refractivity contribution is 5.35. The third kappa shape index (κ3) is 2.46. The Morgan fingerprint density at radius 1 is 1.06 bits per heavy atom. The molecule has 1 N–H and O–H groups in total. The van der Waals surface area contributed by atoms with Crippen molar-refractivity contribution in [1.82, 2.24) is 15.1 Å². The molecule has 1 aromatic carbocycles. The van der Waals surface area contributed by atoms with Gasteiger partial charge in [-0.25, -0.2) is 0 Å². The molecule has 0 aliphatic heterocycles. The smallest absolute Gasteiger partial charge is 0.0746 e. The number of aryl methyl sites for hydroxylation is 4. The number of nitrogens with one attached hydrogen (secondary N) is 1. The van der Waals surface area contributed by atoms with E-state index in [0.717, 1.165) is 5.69 Å². The number of hydrogen-bond acceptors (Lipinski definition) is 2. The van der Waals surface area contributed by atoms with Gasteiger partial charge in [-0.15, -0.1) is 0 Å². The van der Waals surface area contributed by atoms with Crippen LogP contribution in [0, 0.1) is 20.8 Å². The zero-order valence-electron chi connectivity index (χ0n) is 11.8. The fourth-order valence-electron chi connectivity index (χ4n) is 2.56. The van der Waals surface area contributed by atoms with Crippen molar-refractivity contribution in [3.05, 3.63) is 52.3 Å². The summed E-state index contributed by atoms with van der Waals surface area (Å²) in [7, 11) is 3.99.